The van der Waals surface area contributed by atoms with Crippen LogP contribution in [0.2, 0.25) is 0 Å². The van der Waals surface area contributed by atoms with Crippen molar-refractivity contribution < 1.29 is 10.2 Å². The molecule has 0 aliphatic heterocycles. The molecular formula is C20H34N2O2. The normalized spacial score (nSPS) is 62.5. The lowest BCUT2D eigenvalue weighted by Crippen LogP contribution is -2.59. The summed E-state index contributed by atoms with van der Waals surface area (Å²) in [4.78, 5) is 0. The summed E-state index contributed by atoms with van der Waals surface area (Å²) < 4.78 is 0. The van der Waals surface area contributed by atoms with Crippen LogP contribution in [0.3, 0.4) is 0 Å². The SMILES string of the molecule is NC1C2CC3CC1CC(O)(C3)C2.NC1C2CC3CC1CC(O)(C3)C2. The summed E-state index contributed by atoms with van der Waals surface area (Å²) in [7, 11) is 0. The zero-order chi connectivity index (χ0) is 16.7. The second kappa shape index (κ2) is 5.18. The molecule has 8 aliphatic carbocycles. The van der Waals surface area contributed by atoms with Crippen LogP contribution < -0.4 is 11.5 Å². The molecule has 4 atom stereocenters. The number of rotatable bonds is 0. The minimum Gasteiger partial charge on any atom is -0.390 e. The van der Waals surface area contributed by atoms with E-state index < -0.39 is 0 Å². The van der Waals surface area contributed by atoms with E-state index in [4.69, 9.17) is 11.5 Å². The summed E-state index contributed by atoms with van der Waals surface area (Å²) in [6.45, 7) is 0. The van der Waals surface area contributed by atoms with Gasteiger partial charge in [-0.2, -0.15) is 0 Å². The minimum atomic E-state index is -0.299. The van der Waals surface area contributed by atoms with Gasteiger partial charge in [0.1, 0.15) is 0 Å². The van der Waals surface area contributed by atoms with Crippen molar-refractivity contribution in [3.8, 4) is 0 Å². The molecule has 4 unspecified atom stereocenters. The van der Waals surface area contributed by atoms with Crippen LogP contribution in [0.1, 0.15) is 64.2 Å². The van der Waals surface area contributed by atoms with E-state index in [1.807, 2.05) is 0 Å². The van der Waals surface area contributed by atoms with Crippen LogP contribution in [-0.2, 0) is 0 Å². The molecule has 0 spiro atoms. The maximum Gasteiger partial charge on any atom is 0.0657 e. The lowest BCUT2D eigenvalue weighted by Gasteiger charge is -2.57. The molecule has 0 heterocycles. The second-order valence-corrected chi connectivity index (χ2v) is 10.5. The summed E-state index contributed by atoms with van der Waals surface area (Å²) >= 11 is 0. The van der Waals surface area contributed by atoms with Crippen LogP contribution in [-0.4, -0.2) is 33.5 Å². The van der Waals surface area contributed by atoms with Crippen molar-refractivity contribution in [1.29, 1.82) is 0 Å². The van der Waals surface area contributed by atoms with E-state index in [0.717, 1.165) is 50.4 Å². The molecule has 8 fully saturated rings. The molecule has 4 nitrogen and oxygen atoms in total. The van der Waals surface area contributed by atoms with Gasteiger partial charge in [-0.3, -0.25) is 0 Å². The highest BCUT2D eigenvalue weighted by molar-refractivity contribution is 5.07. The Morgan fingerprint density at radius 3 is 1.08 bits per heavy atom. The number of hydrogen-bond donors (Lipinski definition) is 4. The Morgan fingerprint density at radius 1 is 0.542 bits per heavy atom. The second-order valence-electron chi connectivity index (χ2n) is 10.5. The summed E-state index contributed by atoms with van der Waals surface area (Å²) in [6.07, 6.45) is 11.2. The van der Waals surface area contributed by atoms with Crippen LogP contribution in [0.5, 0.6) is 0 Å². The zero-order valence-corrected chi connectivity index (χ0v) is 14.7. The first kappa shape index (κ1) is 16.0. The van der Waals surface area contributed by atoms with Crippen LogP contribution in [0.25, 0.3) is 0 Å². The van der Waals surface area contributed by atoms with Crippen molar-refractivity contribution in [2.45, 2.75) is 87.5 Å². The molecule has 4 heteroatoms. The summed E-state index contributed by atoms with van der Waals surface area (Å²) in [5.41, 5.74) is 11.6. The van der Waals surface area contributed by atoms with Crippen LogP contribution in [0.4, 0.5) is 0 Å². The number of aliphatic hydroxyl groups is 2. The molecule has 0 aromatic rings. The maximum absolute atomic E-state index is 10.2. The Hall–Kier alpha value is -0.160. The van der Waals surface area contributed by atoms with E-state index in [1.54, 1.807) is 0 Å². The first-order valence-corrected chi connectivity index (χ1v) is 10.3. The third-order valence-electron chi connectivity index (χ3n) is 8.63. The molecule has 8 rings (SSSR count). The Kier molecular flexibility index (Phi) is 3.47. The van der Waals surface area contributed by atoms with E-state index in [0.29, 0.717) is 35.8 Å². The Labute approximate surface area is 145 Å². The summed E-state index contributed by atoms with van der Waals surface area (Å²) in [5, 5.41) is 20.3. The molecule has 8 saturated carbocycles. The van der Waals surface area contributed by atoms with Crippen LogP contribution >= 0.6 is 0 Å². The largest absolute Gasteiger partial charge is 0.390 e. The fraction of sp³-hybridized carbons (Fsp3) is 1.00. The van der Waals surface area contributed by atoms with E-state index in [-0.39, 0.29) is 11.2 Å². The molecule has 0 saturated heterocycles. The lowest BCUT2D eigenvalue weighted by molar-refractivity contribution is -0.133. The van der Waals surface area contributed by atoms with Gasteiger partial charge in [0.25, 0.3) is 0 Å². The average Bonchev–Trinajstić information content (AvgIpc) is 2.47. The molecule has 24 heavy (non-hydrogen) atoms. The Bertz CT molecular complexity index is 446. The van der Waals surface area contributed by atoms with Crippen molar-refractivity contribution in [2.24, 2.45) is 47.0 Å². The van der Waals surface area contributed by atoms with Crippen molar-refractivity contribution in [3.63, 3.8) is 0 Å². The van der Waals surface area contributed by atoms with Crippen LogP contribution in [0, 0.1) is 35.5 Å². The van der Waals surface area contributed by atoms with E-state index in [9.17, 15) is 10.2 Å². The summed E-state index contributed by atoms with van der Waals surface area (Å²) in [6, 6.07) is 0.809. The topological polar surface area (TPSA) is 92.5 Å². The Morgan fingerprint density at radius 2 is 0.833 bits per heavy atom. The van der Waals surface area contributed by atoms with Gasteiger partial charge >= 0.3 is 0 Å². The van der Waals surface area contributed by atoms with Crippen LogP contribution in [0.15, 0.2) is 0 Å². The molecule has 136 valence electrons. The molecule has 0 aromatic carbocycles. The lowest BCUT2D eigenvalue weighted by atomic mass is 9.52. The molecule has 0 aromatic heterocycles. The van der Waals surface area contributed by atoms with Gasteiger partial charge < -0.3 is 21.7 Å². The quantitative estimate of drug-likeness (QED) is 0.543. The van der Waals surface area contributed by atoms with Gasteiger partial charge in [-0.1, -0.05) is 0 Å². The third kappa shape index (κ3) is 2.48. The van der Waals surface area contributed by atoms with Gasteiger partial charge in [0.2, 0.25) is 0 Å². The highest BCUT2D eigenvalue weighted by Crippen LogP contribution is 2.56. The molecule has 0 amide bonds. The molecule has 0 radical (unpaired) electrons. The van der Waals surface area contributed by atoms with Crippen molar-refractivity contribution >= 4 is 0 Å². The fourth-order valence-electron chi connectivity index (χ4n) is 8.04. The van der Waals surface area contributed by atoms with Gasteiger partial charge in [-0.25, -0.2) is 0 Å². The van der Waals surface area contributed by atoms with Gasteiger partial charge in [0.15, 0.2) is 0 Å². The molecule has 8 bridgehead atoms. The van der Waals surface area contributed by atoms with E-state index in [2.05, 4.69) is 0 Å². The van der Waals surface area contributed by atoms with E-state index in [1.165, 1.54) is 25.7 Å². The smallest absolute Gasteiger partial charge is 0.0657 e. The summed E-state index contributed by atoms with van der Waals surface area (Å²) in [5.74, 6) is 4.16. The molecular weight excluding hydrogens is 300 g/mol. The first-order chi connectivity index (χ1) is 11.3. The highest BCUT2D eigenvalue weighted by atomic mass is 16.3. The van der Waals surface area contributed by atoms with Crippen molar-refractivity contribution in [3.05, 3.63) is 0 Å². The predicted molar refractivity (Wildman–Crippen MR) is 93.0 cm³/mol. The van der Waals surface area contributed by atoms with Gasteiger partial charge in [0, 0.05) is 12.1 Å². The third-order valence-corrected chi connectivity index (χ3v) is 8.63. The number of hydrogen-bond acceptors (Lipinski definition) is 4. The zero-order valence-electron chi connectivity index (χ0n) is 14.7. The van der Waals surface area contributed by atoms with Gasteiger partial charge in [-0.05, 0) is 99.7 Å². The van der Waals surface area contributed by atoms with Gasteiger partial charge in [0.05, 0.1) is 11.2 Å². The van der Waals surface area contributed by atoms with Crippen molar-refractivity contribution in [2.75, 3.05) is 0 Å². The predicted octanol–water partition coefficient (Wildman–Crippen LogP) is 1.77. The average molecular weight is 335 g/mol. The molecule has 6 N–H and O–H groups in total. The van der Waals surface area contributed by atoms with E-state index >= 15 is 0 Å². The maximum atomic E-state index is 10.2. The number of nitrogens with two attached hydrogens (primary N) is 2. The first-order valence-electron chi connectivity index (χ1n) is 10.3. The molecule has 8 aliphatic rings. The monoisotopic (exact) mass is 334 g/mol. The standard InChI is InChI=1S/2C10H17NO/c2*11-9-7-1-6-2-8(9)5-10(12,3-6)4-7/h2*6-9,12H,1-5,11H2. The minimum absolute atomic E-state index is 0.299. The fourth-order valence-corrected chi connectivity index (χ4v) is 8.04. The Balaban J connectivity index is 0.000000109. The highest BCUT2D eigenvalue weighted by Gasteiger charge is 2.54. The van der Waals surface area contributed by atoms with Gasteiger partial charge in [-0.15, -0.1) is 0 Å². The van der Waals surface area contributed by atoms with Crippen molar-refractivity contribution in [1.82, 2.24) is 0 Å².